The largest absolute Gasteiger partial charge is 0.499 e. The number of ether oxygens (including phenoxy) is 1. The van der Waals surface area contributed by atoms with Crippen molar-refractivity contribution in [2.75, 3.05) is 7.11 Å². The molecule has 3 rings (SSSR count). The summed E-state index contributed by atoms with van der Waals surface area (Å²) in [7, 11) is 1.18. The third kappa shape index (κ3) is 2.71. The van der Waals surface area contributed by atoms with Crippen molar-refractivity contribution >= 4 is 27.4 Å². The van der Waals surface area contributed by atoms with Gasteiger partial charge in [-0.05, 0) is 30.2 Å². The van der Waals surface area contributed by atoms with Gasteiger partial charge in [0, 0.05) is 10.1 Å². The Hall–Kier alpha value is -2.66. The number of benzene rings is 2. The second-order valence-corrected chi connectivity index (χ2v) is 6.21. The molecule has 0 aliphatic rings. The molecule has 1 N–H and O–H groups in total. The van der Waals surface area contributed by atoms with Gasteiger partial charge in [-0.15, -0.1) is 0 Å². The zero-order valence-electron chi connectivity index (χ0n) is 12.6. The average molecular weight is 326 g/mol. The van der Waals surface area contributed by atoms with E-state index in [0.29, 0.717) is 10.1 Å². The summed E-state index contributed by atoms with van der Waals surface area (Å²) in [5, 5.41) is 10.1. The fourth-order valence-electron chi connectivity index (χ4n) is 2.39. The minimum absolute atomic E-state index is 0.312. The topological polar surface area (TPSA) is 63.6 Å². The molecule has 0 amide bonds. The Morgan fingerprint density at radius 3 is 2.39 bits per heavy atom. The SMILES string of the molecule is COC(=O)c1c(O)sc2cc(-c3ccc(C)cc3)ccc2c1=O. The van der Waals surface area contributed by atoms with Crippen molar-refractivity contribution in [2.45, 2.75) is 6.92 Å². The van der Waals surface area contributed by atoms with E-state index in [1.54, 1.807) is 6.07 Å². The van der Waals surface area contributed by atoms with Crippen LogP contribution in [0.1, 0.15) is 15.9 Å². The van der Waals surface area contributed by atoms with Gasteiger partial charge in [0.15, 0.2) is 10.6 Å². The molecule has 3 aromatic rings. The van der Waals surface area contributed by atoms with Crippen LogP contribution in [0.25, 0.3) is 21.2 Å². The van der Waals surface area contributed by atoms with Crippen molar-refractivity contribution < 1.29 is 14.6 Å². The van der Waals surface area contributed by atoms with Gasteiger partial charge >= 0.3 is 5.97 Å². The molecule has 0 atom stereocenters. The van der Waals surface area contributed by atoms with Crippen LogP contribution in [-0.2, 0) is 4.74 Å². The third-order valence-corrected chi connectivity index (χ3v) is 4.60. The van der Waals surface area contributed by atoms with Gasteiger partial charge in [0.2, 0.25) is 5.43 Å². The van der Waals surface area contributed by atoms with Gasteiger partial charge in [-0.1, -0.05) is 47.2 Å². The number of aromatic hydroxyl groups is 1. The highest BCUT2D eigenvalue weighted by Gasteiger charge is 2.20. The molecule has 0 bridgehead atoms. The number of rotatable bonds is 2. The van der Waals surface area contributed by atoms with Crippen LogP contribution in [0.3, 0.4) is 0 Å². The van der Waals surface area contributed by atoms with Crippen molar-refractivity contribution in [1.29, 1.82) is 0 Å². The lowest BCUT2D eigenvalue weighted by molar-refractivity contribution is 0.0597. The van der Waals surface area contributed by atoms with Crippen LogP contribution in [0, 0.1) is 6.92 Å². The molecule has 5 heteroatoms. The molecule has 4 nitrogen and oxygen atoms in total. The van der Waals surface area contributed by atoms with E-state index in [2.05, 4.69) is 4.74 Å². The summed E-state index contributed by atoms with van der Waals surface area (Å²) in [4.78, 5) is 24.0. The Morgan fingerprint density at radius 1 is 1.09 bits per heavy atom. The molecule has 23 heavy (non-hydrogen) atoms. The molecular formula is C18H14O4S. The number of carbonyl (C=O) groups excluding carboxylic acids is 1. The second kappa shape index (κ2) is 5.85. The van der Waals surface area contributed by atoms with E-state index in [1.807, 2.05) is 43.3 Å². The lowest BCUT2D eigenvalue weighted by atomic mass is 10.0. The van der Waals surface area contributed by atoms with Gasteiger partial charge in [0.1, 0.15) is 0 Å². The van der Waals surface area contributed by atoms with Crippen molar-refractivity contribution in [1.82, 2.24) is 0 Å². The van der Waals surface area contributed by atoms with Crippen molar-refractivity contribution in [3.63, 3.8) is 0 Å². The molecule has 0 fully saturated rings. The highest BCUT2D eigenvalue weighted by Crippen LogP contribution is 2.31. The van der Waals surface area contributed by atoms with E-state index in [0.717, 1.165) is 22.5 Å². The Kier molecular flexibility index (Phi) is 3.88. The maximum atomic E-state index is 12.4. The number of aryl methyl sites for hydroxylation is 1. The standard InChI is InChI=1S/C18H14O4S/c1-10-3-5-11(6-4-10)12-7-8-13-14(9-12)23-18(21)15(16(13)19)17(20)22-2/h3-9,21H,1-2H3. The molecule has 0 saturated carbocycles. The molecular weight excluding hydrogens is 312 g/mol. The number of carbonyl (C=O) groups is 1. The van der Waals surface area contributed by atoms with E-state index in [-0.39, 0.29) is 10.6 Å². The lowest BCUT2D eigenvalue weighted by Crippen LogP contribution is -2.15. The maximum Gasteiger partial charge on any atom is 0.346 e. The van der Waals surface area contributed by atoms with Gasteiger partial charge in [-0.25, -0.2) is 4.79 Å². The van der Waals surface area contributed by atoms with Gasteiger partial charge < -0.3 is 9.84 Å². The molecule has 1 aromatic heterocycles. The molecule has 1 heterocycles. The summed E-state index contributed by atoms with van der Waals surface area (Å²) in [6.07, 6.45) is 0. The van der Waals surface area contributed by atoms with Crippen molar-refractivity contribution in [3.05, 3.63) is 63.8 Å². The first-order chi connectivity index (χ1) is 11.0. The fraction of sp³-hybridized carbons (Fsp3) is 0.111. The predicted molar refractivity (Wildman–Crippen MR) is 91.3 cm³/mol. The van der Waals surface area contributed by atoms with Gasteiger partial charge in [0.05, 0.1) is 7.11 Å². The van der Waals surface area contributed by atoms with Gasteiger partial charge in [0.25, 0.3) is 0 Å². The molecule has 0 aliphatic carbocycles. The first-order valence-corrected chi connectivity index (χ1v) is 7.78. The molecule has 0 radical (unpaired) electrons. The van der Waals surface area contributed by atoms with E-state index in [4.69, 9.17) is 0 Å². The fourth-order valence-corrected chi connectivity index (χ4v) is 3.33. The summed E-state index contributed by atoms with van der Waals surface area (Å²) in [5.74, 6) is -0.826. The number of methoxy groups -OCH3 is 1. The molecule has 0 spiro atoms. The summed E-state index contributed by atoms with van der Waals surface area (Å²) < 4.78 is 5.18. The normalized spacial score (nSPS) is 10.7. The summed E-state index contributed by atoms with van der Waals surface area (Å²) in [6, 6.07) is 13.4. The average Bonchev–Trinajstić information content (AvgIpc) is 2.54. The Labute approximate surface area is 136 Å². The van der Waals surface area contributed by atoms with Crippen LogP contribution in [0.2, 0.25) is 0 Å². The minimum atomic E-state index is -0.826. The van der Waals surface area contributed by atoms with Gasteiger partial charge in [-0.3, -0.25) is 4.79 Å². The molecule has 116 valence electrons. The van der Waals surface area contributed by atoms with E-state index < -0.39 is 11.4 Å². The van der Waals surface area contributed by atoms with Crippen LogP contribution in [-0.4, -0.2) is 18.2 Å². The smallest absolute Gasteiger partial charge is 0.346 e. The summed E-state index contributed by atoms with van der Waals surface area (Å²) in [6.45, 7) is 2.02. The zero-order valence-corrected chi connectivity index (χ0v) is 13.4. The van der Waals surface area contributed by atoms with Crippen LogP contribution < -0.4 is 5.43 Å². The van der Waals surface area contributed by atoms with Crippen LogP contribution in [0.15, 0.2) is 47.3 Å². The minimum Gasteiger partial charge on any atom is -0.499 e. The Balaban J connectivity index is 2.20. The van der Waals surface area contributed by atoms with Gasteiger partial charge in [-0.2, -0.15) is 0 Å². The Bertz CT molecular complexity index is 955. The monoisotopic (exact) mass is 326 g/mol. The van der Waals surface area contributed by atoms with Crippen LogP contribution >= 0.6 is 11.3 Å². The molecule has 0 unspecified atom stereocenters. The molecule has 2 aromatic carbocycles. The quantitative estimate of drug-likeness (QED) is 0.729. The Morgan fingerprint density at radius 2 is 1.74 bits per heavy atom. The summed E-state index contributed by atoms with van der Waals surface area (Å²) >= 11 is 0.993. The number of fused-ring (bicyclic) bond motifs is 1. The zero-order chi connectivity index (χ0) is 16.6. The summed E-state index contributed by atoms with van der Waals surface area (Å²) in [5.41, 5.74) is 2.30. The highest BCUT2D eigenvalue weighted by atomic mass is 32.1. The van der Waals surface area contributed by atoms with Crippen molar-refractivity contribution in [3.8, 4) is 16.2 Å². The molecule has 0 saturated heterocycles. The van der Waals surface area contributed by atoms with Crippen LogP contribution in [0.5, 0.6) is 5.06 Å². The van der Waals surface area contributed by atoms with Crippen molar-refractivity contribution in [2.24, 2.45) is 0 Å². The predicted octanol–water partition coefficient (Wildman–Crippen LogP) is 3.73. The number of hydrogen-bond acceptors (Lipinski definition) is 5. The maximum absolute atomic E-state index is 12.4. The highest BCUT2D eigenvalue weighted by molar-refractivity contribution is 7.20. The lowest BCUT2D eigenvalue weighted by Gasteiger charge is -2.06. The van der Waals surface area contributed by atoms with E-state index >= 15 is 0 Å². The molecule has 0 aliphatic heterocycles. The van der Waals surface area contributed by atoms with Crippen LogP contribution in [0.4, 0.5) is 0 Å². The number of hydrogen-bond donors (Lipinski definition) is 1. The third-order valence-electron chi connectivity index (χ3n) is 3.65. The van der Waals surface area contributed by atoms with E-state index in [9.17, 15) is 14.7 Å². The second-order valence-electron chi connectivity index (χ2n) is 5.18. The first kappa shape index (κ1) is 15.2. The van der Waals surface area contributed by atoms with E-state index in [1.165, 1.54) is 12.7 Å². The first-order valence-electron chi connectivity index (χ1n) is 6.96. The number of esters is 1.